The first-order chi connectivity index (χ1) is 13.6. The molecule has 4 fully saturated rings. The summed E-state index contributed by atoms with van der Waals surface area (Å²) >= 11 is 0. The van der Waals surface area contributed by atoms with Gasteiger partial charge in [0.2, 0.25) is 0 Å². The molecule has 3 nitrogen and oxygen atoms in total. The van der Waals surface area contributed by atoms with E-state index in [4.69, 9.17) is 0 Å². The van der Waals surface area contributed by atoms with Gasteiger partial charge in [-0.05, 0) is 91.3 Å². The summed E-state index contributed by atoms with van der Waals surface area (Å²) in [7, 11) is 0. The zero-order chi connectivity index (χ0) is 21.1. The van der Waals surface area contributed by atoms with Crippen molar-refractivity contribution in [3.05, 3.63) is 0 Å². The third-order valence-electron chi connectivity index (χ3n) is 10.7. The summed E-state index contributed by atoms with van der Waals surface area (Å²) in [5.74, 6) is 3.43. The fraction of sp³-hybridized carbons (Fsp3) is 0.923. The second kappa shape index (κ2) is 7.38. The zero-order valence-corrected chi connectivity index (χ0v) is 19.2. The average molecular weight is 403 g/mol. The molecule has 0 saturated heterocycles. The van der Waals surface area contributed by atoms with Gasteiger partial charge in [-0.15, -0.1) is 0 Å². The predicted molar refractivity (Wildman–Crippen MR) is 115 cm³/mol. The highest BCUT2D eigenvalue weighted by atomic mass is 16.4. The van der Waals surface area contributed by atoms with Gasteiger partial charge in [-0.25, -0.2) is 0 Å². The molecule has 0 bridgehead atoms. The van der Waals surface area contributed by atoms with Crippen molar-refractivity contribution in [2.24, 2.45) is 58.2 Å². The molecule has 29 heavy (non-hydrogen) atoms. The molecule has 0 aliphatic heterocycles. The van der Waals surface area contributed by atoms with Crippen LogP contribution >= 0.6 is 0 Å². The number of fused-ring (bicyclic) bond motifs is 5. The first kappa shape index (κ1) is 21.4. The molecular formula is C26H42O3. The van der Waals surface area contributed by atoms with E-state index in [9.17, 15) is 14.7 Å². The standard InChI is InChI=1S/C26H42O3/c1-6-17-21-13-15(2)9-11-26(21,5)20-10-12-25(4)18(16(3)14-22(27)28)7-8-19(25)23(20)24(17)29/h15-21,23H,6-14H2,1-5H3,(H,27,28)/t15-,16-,17-,18-,19?,20?,21+,23?,25-,26-/m1/s1. The minimum absolute atomic E-state index is 0.148. The van der Waals surface area contributed by atoms with E-state index < -0.39 is 5.97 Å². The lowest BCUT2D eigenvalue weighted by atomic mass is 9.41. The topological polar surface area (TPSA) is 54.4 Å². The second-order valence-corrected chi connectivity index (χ2v) is 12.0. The molecule has 4 aliphatic rings. The number of ketones is 1. The van der Waals surface area contributed by atoms with E-state index >= 15 is 0 Å². The van der Waals surface area contributed by atoms with E-state index in [2.05, 4.69) is 34.6 Å². The van der Waals surface area contributed by atoms with Crippen LogP contribution in [0, 0.1) is 58.2 Å². The summed E-state index contributed by atoms with van der Waals surface area (Å²) in [6, 6.07) is 0. The van der Waals surface area contributed by atoms with Crippen LogP contribution in [0.5, 0.6) is 0 Å². The Morgan fingerprint density at radius 2 is 1.72 bits per heavy atom. The van der Waals surface area contributed by atoms with Crippen molar-refractivity contribution in [1.82, 2.24) is 0 Å². The molecule has 0 spiro atoms. The van der Waals surface area contributed by atoms with Crippen LogP contribution in [0.4, 0.5) is 0 Å². The maximum Gasteiger partial charge on any atom is 0.303 e. The highest BCUT2D eigenvalue weighted by Crippen LogP contribution is 2.69. The molecule has 4 rings (SSSR count). The van der Waals surface area contributed by atoms with Gasteiger partial charge in [0.1, 0.15) is 5.78 Å². The number of carboxylic acid groups (broad SMARTS) is 1. The highest BCUT2D eigenvalue weighted by molar-refractivity contribution is 5.86. The third-order valence-corrected chi connectivity index (χ3v) is 10.7. The number of aliphatic carboxylic acids is 1. The molecule has 0 aromatic rings. The lowest BCUT2D eigenvalue weighted by Gasteiger charge is -2.62. The molecule has 0 amide bonds. The maximum atomic E-state index is 13.9. The summed E-state index contributed by atoms with van der Waals surface area (Å²) in [6.07, 6.45) is 9.73. The van der Waals surface area contributed by atoms with Crippen molar-refractivity contribution in [2.75, 3.05) is 0 Å². The maximum absolute atomic E-state index is 13.9. The van der Waals surface area contributed by atoms with Gasteiger partial charge in [-0.3, -0.25) is 9.59 Å². The average Bonchev–Trinajstić information content (AvgIpc) is 3.00. The number of carboxylic acids is 1. The van der Waals surface area contributed by atoms with Gasteiger partial charge in [-0.1, -0.05) is 41.0 Å². The van der Waals surface area contributed by atoms with Gasteiger partial charge in [0.15, 0.2) is 0 Å². The lowest BCUT2D eigenvalue weighted by molar-refractivity contribution is -0.170. The Kier molecular flexibility index (Phi) is 5.44. The Bertz CT molecular complexity index is 671. The molecule has 3 unspecified atom stereocenters. The first-order valence-corrected chi connectivity index (χ1v) is 12.4. The minimum Gasteiger partial charge on any atom is -0.481 e. The molecule has 0 aromatic carbocycles. The van der Waals surface area contributed by atoms with Gasteiger partial charge in [0, 0.05) is 18.3 Å². The Morgan fingerprint density at radius 1 is 1.07 bits per heavy atom. The molecule has 4 aliphatic carbocycles. The molecule has 0 aromatic heterocycles. The largest absolute Gasteiger partial charge is 0.481 e. The van der Waals surface area contributed by atoms with E-state index in [1.54, 1.807) is 0 Å². The number of hydrogen-bond donors (Lipinski definition) is 1. The number of carbonyl (C=O) groups excluding carboxylic acids is 1. The van der Waals surface area contributed by atoms with Gasteiger partial charge in [0.25, 0.3) is 0 Å². The number of carbonyl (C=O) groups is 2. The summed E-state index contributed by atoms with van der Waals surface area (Å²) in [5.41, 5.74) is 0.479. The predicted octanol–water partition coefficient (Wildman–Crippen LogP) is 6.21. The van der Waals surface area contributed by atoms with E-state index in [0.717, 1.165) is 25.2 Å². The Hall–Kier alpha value is -0.860. The van der Waals surface area contributed by atoms with Crippen LogP contribution in [-0.4, -0.2) is 16.9 Å². The third kappa shape index (κ3) is 3.12. The molecule has 3 heteroatoms. The summed E-state index contributed by atoms with van der Waals surface area (Å²) in [4.78, 5) is 25.3. The van der Waals surface area contributed by atoms with Crippen molar-refractivity contribution in [1.29, 1.82) is 0 Å². The van der Waals surface area contributed by atoms with Gasteiger partial charge in [-0.2, -0.15) is 0 Å². The van der Waals surface area contributed by atoms with Gasteiger partial charge < -0.3 is 5.11 Å². The lowest BCUT2D eigenvalue weighted by Crippen LogP contribution is -2.60. The van der Waals surface area contributed by atoms with Gasteiger partial charge >= 0.3 is 5.97 Å². The number of Topliss-reactive ketones (excluding diaryl/α,β-unsaturated/α-hetero) is 1. The van der Waals surface area contributed by atoms with Crippen LogP contribution in [0.25, 0.3) is 0 Å². The van der Waals surface area contributed by atoms with E-state index in [-0.39, 0.29) is 29.6 Å². The van der Waals surface area contributed by atoms with Crippen molar-refractivity contribution >= 4 is 11.8 Å². The molecule has 1 N–H and O–H groups in total. The van der Waals surface area contributed by atoms with Crippen LogP contribution in [0.2, 0.25) is 0 Å². The quantitative estimate of drug-likeness (QED) is 0.608. The Labute approximate surface area is 177 Å². The first-order valence-electron chi connectivity index (χ1n) is 12.4. The zero-order valence-electron chi connectivity index (χ0n) is 19.2. The minimum atomic E-state index is -0.676. The number of rotatable bonds is 4. The molecule has 0 heterocycles. The van der Waals surface area contributed by atoms with E-state index in [0.29, 0.717) is 34.9 Å². The van der Waals surface area contributed by atoms with Crippen LogP contribution < -0.4 is 0 Å². The molecule has 10 atom stereocenters. The summed E-state index contributed by atoms with van der Waals surface area (Å²) < 4.78 is 0. The van der Waals surface area contributed by atoms with E-state index in [1.165, 1.54) is 32.1 Å². The van der Waals surface area contributed by atoms with Crippen molar-refractivity contribution in [3.8, 4) is 0 Å². The van der Waals surface area contributed by atoms with E-state index in [1.807, 2.05) is 0 Å². The SMILES string of the molecule is CC[C@H]1C(=O)C2C3CC[C@H]([C@H](C)CC(=O)O)[C@@]3(C)CCC2[C@@]2(C)CC[C@@H](C)C[C@@H]12. The monoisotopic (exact) mass is 402 g/mol. The van der Waals surface area contributed by atoms with Crippen LogP contribution in [0.3, 0.4) is 0 Å². The van der Waals surface area contributed by atoms with Crippen molar-refractivity contribution in [2.45, 2.75) is 92.4 Å². The molecular weight excluding hydrogens is 360 g/mol. The van der Waals surface area contributed by atoms with Gasteiger partial charge in [0.05, 0.1) is 0 Å². The summed E-state index contributed by atoms with van der Waals surface area (Å²) in [5, 5.41) is 9.35. The Morgan fingerprint density at radius 3 is 2.38 bits per heavy atom. The van der Waals surface area contributed by atoms with Crippen LogP contribution in [-0.2, 0) is 9.59 Å². The summed E-state index contributed by atoms with van der Waals surface area (Å²) in [6.45, 7) is 11.7. The molecule has 0 radical (unpaired) electrons. The Balaban J connectivity index is 1.67. The van der Waals surface area contributed by atoms with Crippen LogP contribution in [0.15, 0.2) is 0 Å². The number of hydrogen-bond acceptors (Lipinski definition) is 2. The highest BCUT2D eigenvalue weighted by Gasteiger charge is 2.64. The fourth-order valence-corrected chi connectivity index (χ4v) is 9.25. The molecule has 164 valence electrons. The van der Waals surface area contributed by atoms with Crippen molar-refractivity contribution < 1.29 is 14.7 Å². The normalized spacial score (nSPS) is 50.4. The second-order valence-electron chi connectivity index (χ2n) is 12.0. The van der Waals surface area contributed by atoms with Crippen LogP contribution in [0.1, 0.15) is 92.4 Å². The smallest absolute Gasteiger partial charge is 0.303 e. The molecule has 4 saturated carbocycles. The van der Waals surface area contributed by atoms with Crippen molar-refractivity contribution in [3.63, 3.8) is 0 Å². The fourth-order valence-electron chi connectivity index (χ4n) is 9.25.